The number of carbonyl (C=O) groups excluding carboxylic acids is 1. The first kappa shape index (κ1) is 16.8. The van der Waals surface area contributed by atoms with Crippen LogP contribution in [0.15, 0.2) is 66.7 Å². The molecule has 0 saturated carbocycles. The minimum atomic E-state index is 0.00676. The lowest BCUT2D eigenvalue weighted by Gasteiger charge is -2.12. The van der Waals surface area contributed by atoms with Crippen LogP contribution >= 0.6 is 0 Å². The van der Waals surface area contributed by atoms with Gasteiger partial charge in [0.25, 0.3) is 0 Å². The zero-order valence-electron chi connectivity index (χ0n) is 13.5. The number of aryl methyl sites for hydroxylation is 1. The molecular weight excluding hydrogens is 286 g/mol. The van der Waals surface area contributed by atoms with E-state index < -0.39 is 0 Å². The number of carbonyl (C=O) groups is 1. The van der Waals surface area contributed by atoms with Crippen molar-refractivity contribution >= 4 is 11.6 Å². The van der Waals surface area contributed by atoms with Gasteiger partial charge >= 0.3 is 0 Å². The fourth-order valence-electron chi connectivity index (χ4n) is 2.21. The summed E-state index contributed by atoms with van der Waals surface area (Å²) in [5.41, 5.74) is 2.90. The van der Waals surface area contributed by atoms with Crippen LogP contribution in [0.25, 0.3) is 0 Å². The normalized spacial score (nSPS) is 10.1. The maximum atomic E-state index is 12.1. The summed E-state index contributed by atoms with van der Waals surface area (Å²) in [5.74, 6) is 0.680. The SMILES string of the molecule is C=C(C)COc1ccccc1NC(=O)CCCc1ccccc1. The van der Waals surface area contributed by atoms with Gasteiger partial charge in [-0.3, -0.25) is 4.79 Å². The Morgan fingerprint density at radius 1 is 1.09 bits per heavy atom. The van der Waals surface area contributed by atoms with Gasteiger partial charge in [0.15, 0.2) is 0 Å². The minimum absolute atomic E-state index is 0.00676. The maximum absolute atomic E-state index is 12.1. The van der Waals surface area contributed by atoms with Crippen molar-refractivity contribution in [3.63, 3.8) is 0 Å². The average molecular weight is 309 g/mol. The molecular formula is C20H23NO2. The number of benzene rings is 2. The largest absolute Gasteiger partial charge is 0.487 e. The van der Waals surface area contributed by atoms with E-state index in [0.29, 0.717) is 24.5 Å². The smallest absolute Gasteiger partial charge is 0.224 e. The van der Waals surface area contributed by atoms with Crippen LogP contribution in [0.2, 0.25) is 0 Å². The second-order valence-corrected chi connectivity index (χ2v) is 5.63. The van der Waals surface area contributed by atoms with E-state index in [0.717, 1.165) is 18.4 Å². The third-order valence-corrected chi connectivity index (χ3v) is 3.35. The molecule has 1 N–H and O–H groups in total. The first-order chi connectivity index (χ1) is 11.1. The number of nitrogens with one attached hydrogen (secondary N) is 1. The van der Waals surface area contributed by atoms with Gasteiger partial charge in [0.05, 0.1) is 5.69 Å². The lowest BCUT2D eigenvalue weighted by Crippen LogP contribution is -2.13. The quantitative estimate of drug-likeness (QED) is 0.724. The van der Waals surface area contributed by atoms with Gasteiger partial charge in [-0.1, -0.05) is 49.0 Å². The molecule has 2 rings (SSSR count). The van der Waals surface area contributed by atoms with Gasteiger partial charge in [-0.15, -0.1) is 0 Å². The molecule has 3 heteroatoms. The van der Waals surface area contributed by atoms with E-state index in [1.54, 1.807) is 0 Å². The van der Waals surface area contributed by atoms with E-state index in [2.05, 4.69) is 24.0 Å². The molecule has 0 bridgehead atoms. The second-order valence-electron chi connectivity index (χ2n) is 5.63. The topological polar surface area (TPSA) is 38.3 Å². The van der Waals surface area contributed by atoms with Gasteiger partial charge in [0.2, 0.25) is 5.91 Å². The van der Waals surface area contributed by atoms with Gasteiger partial charge in [-0.25, -0.2) is 0 Å². The summed E-state index contributed by atoms with van der Waals surface area (Å²) >= 11 is 0. The molecule has 0 heterocycles. The van der Waals surface area contributed by atoms with E-state index in [1.807, 2.05) is 49.4 Å². The Bertz CT molecular complexity index is 650. The molecule has 0 fully saturated rings. The van der Waals surface area contributed by atoms with Gasteiger partial charge < -0.3 is 10.1 Å². The van der Waals surface area contributed by atoms with Crippen LogP contribution in [0, 0.1) is 0 Å². The molecule has 120 valence electrons. The summed E-state index contributed by atoms with van der Waals surface area (Å²) in [5, 5.41) is 2.93. The number of para-hydroxylation sites is 2. The van der Waals surface area contributed by atoms with Gasteiger partial charge in [-0.05, 0) is 43.0 Å². The predicted molar refractivity (Wildman–Crippen MR) is 94.8 cm³/mol. The number of hydrogen-bond donors (Lipinski definition) is 1. The molecule has 0 aromatic heterocycles. The highest BCUT2D eigenvalue weighted by molar-refractivity contribution is 5.92. The van der Waals surface area contributed by atoms with Crippen molar-refractivity contribution in [2.24, 2.45) is 0 Å². The fraction of sp³-hybridized carbons (Fsp3) is 0.250. The van der Waals surface area contributed by atoms with Crippen molar-refractivity contribution in [1.82, 2.24) is 0 Å². The molecule has 0 aliphatic rings. The lowest BCUT2D eigenvalue weighted by atomic mass is 10.1. The van der Waals surface area contributed by atoms with Crippen molar-refractivity contribution in [3.8, 4) is 5.75 Å². The summed E-state index contributed by atoms with van der Waals surface area (Å²) in [7, 11) is 0. The molecule has 2 aromatic carbocycles. The summed E-state index contributed by atoms with van der Waals surface area (Å²) in [6.45, 7) is 6.17. The maximum Gasteiger partial charge on any atom is 0.224 e. The van der Waals surface area contributed by atoms with Gasteiger partial charge in [-0.2, -0.15) is 0 Å². The molecule has 23 heavy (non-hydrogen) atoms. The van der Waals surface area contributed by atoms with Crippen LogP contribution < -0.4 is 10.1 Å². The highest BCUT2D eigenvalue weighted by Crippen LogP contribution is 2.24. The van der Waals surface area contributed by atoms with Crippen LogP contribution in [0.1, 0.15) is 25.3 Å². The van der Waals surface area contributed by atoms with Crippen LogP contribution in [0.5, 0.6) is 5.75 Å². The summed E-state index contributed by atoms with van der Waals surface area (Å²) in [4.78, 5) is 12.1. The molecule has 0 saturated heterocycles. The van der Waals surface area contributed by atoms with Gasteiger partial charge in [0.1, 0.15) is 12.4 Å². The molecule has 0 spiro atoms. The third kappa shape index (κ3) is 5.99. The van der Waals surface area contributed by atoms with Crippen molar-refractivity contribution in [1.29, 1.82) is 0 Å². The zero-order valence-corrected chi connectivity index (χ0v) is 13.5. The monoisotopic (exact) mass is 309 g/mol. The molecule has 3 nitrogen and oxygen atoms in total. The standard InChI is InChI=1S/C20H23NO2/c1-16(2)15-23-19-13-7-6-12-18(19)21-20(22)14-8-11-17-9-4-3-5-10-17/h3-7,9-10,12-13H,1,8,11,14-15H2,2H3,(H,21,22). The first-order valence-corrected chi connectivity index (χ1v) is 7.85. The lowest BCUT2D eigenvalue weighted by molar-refractivity contribution is -0.116. The number of anilines is 1. The molecule has 0 atom stereocenters. The minimum Gasteiger partial charge on any atom is -0.487 e. The van der Waals surface area contributed by atoms with E-state index >= 15 is 0 Å². The van der Waals surface area contributed by atoms with Crippen LogP contribution in [-0.2, 0) is 11.2 Å². The van der Waals surface area contributed by atoms with Crippen LogP contribution in [-0.4, -0.2) is 12.5 Å². The Morgan fingerprint density at radius 3 is 2.52 bits per heavy atom. The van der Waals surface area contributed by atoms with E-state index in [4.69, 9.17) is 4.74 Å². The summed E-state index contributed by atoms with van der Waals surface area (Å²) in [6.07, 6.45) is 2.22. The Kier molecular flexibility index (Phi) is 6.42. The molecule has 0 radical (unpaired) electrons. The number of ether oxygens (including phenoxy) is 1. The van der Waals surface area contributed by atoms with Crippen molar-refractivity contribution < 1.29 is 9.53 Å². The van der Waals surface area contributed by atoms with E-state index in [1.165, 1.54) is 5.56 Å². The fourth-order valence-corrected chi connectivity index (χ4v) is 2.21. The predicted octanol–water partition coefficient (Wildman–Crippen LogP) is 4.60. The van der Waals surface area contributed by atoms with Crippen molar-refractivity contribution in [2.75, 3.05) is 11.9 Å². The summed E-state index contributed by atoms with van der Waals surface area (Å²) in [6, 6.07) is 17.7. The molecule has 2 aromatic rings. The Hall–Kier alpha value is -2.55. The second kappa shape index (κ2) is 8.79. The van der Waals surface area contributed by atoms with Crippen LogP contribution in [0.4, 0.5) is 5.69 Å². The summed E-state index contributed by atoms with van der Waals surface area (Å²) < 4.78 is 5.66. The Labute approximate surface area is 138 Å². The van der Waals surface area contributed by atoms with Gasteiger partial charge in [0, 0.05) is 6.42 Å². The number of amides is 1. The van der Waals surface area contributed by atoms with Crippen molar-refractivity contribution in [2.45, 2.75) is 26.2 Å². The van der Waals surface area contributed by atoms with Crippen molar-refractivity contribution in [3.05, 3.63) is 72.3 Å². The van der Waals surface area contributed by atoms with E-state index in [-0.39, 0.29) is 5.91 Å². The Morgan fingerprint density at radius 2 is 1.78 bits per heavy atom. The van der Waals surface area contributed by atoms with E-state index in [9.17, 15) is 4.79 Å². The molecule has 0 unspecified atom stereocenters. The molecule has 0 aliphatic carbocycles. The zero-order chi connectivity index (χ0) is 16.5. The highest BCUT2D eigenvalue weighted by Gasteiger charge is 2.07. The molecule has 0 aliphatic heterocycles. The number of hydrogen-bond acceptors (Lipinski definition) is 2. The van der Waals surface area contributed by atoms with Crippen LogP contribution in [0.3, 0.4) is 0 Å². The average Bonchev–Trinajstić information content (AvgIpc) is 2.55. The third-order valence-electron chi connectivity index (χ3n) is 3.35. The Balaban J connectivity index is 1.84. The molecule has 1 amide bonds. The number of rotatable bonds is 8. The highest BCUT2D eigenvalue weighted by atomic mass is 16.5. The first-order valence-electron chi connectivity index (χ1n) is 7.85.